The Kier molecular flexibility index (Phi) is 6.62. The van der Waals surface area contributed by atoms with Crippen molar-refractivity contribution in [3.05, 3.63) is 28.8 Å². The second-order valence-electron chi connectivity index (χ2n) is 5.82. The van der Waals surface area contributed by atoms with Crippen molar-refractivity contribution >= 4 is 27.5 Å². The molecule has 0 bridgehead atoms. The summed E-state index contributed by atoms with van der Waals surface area (Å²) in [4.78, 5) is 12.3. The summed E-state index contributed by atoms with van der Waals surface area (Å²) in [6.07, 6.45) is 1.82. The van der Waals surface area contributed by atoms with E-state index < -0.39 is 10.0 Å². The molecule has 1 aliphatic heterocycles. The fraction of sp³-hybridized carbons (Fsp3) is 0.562. The van der Waals surface area contributed by atoms with E-state index in [1.54, 1.807) is 0 Å². The molecular weight excluding hydrogens is 352 g/mol. The van der Waals surface area contributed by atoms with Gasteiger partial charge >= 0.3 is 0 Å². The fourth-order valence-electron chi connectivity index (χ4n) is 2.58. The van der Waals surface area contributed by atoms with E-state index in [1.165, 1.54) is 22.5 Å². The Bertz CT molecular complexity index is 687. The first-order valence-electron chi connectivity index (χ1n) is 8.04. The standard InChI is InChI=1S/C16H23ClN2O4S/c1-3-4-12(2)18-16(20)13-5-6-14(17)15(11-13)24(21,22)19-7-9-23-10-8-19/h5-6,11-12H,3-4,7-10H2,1-2H3,(H,18,20)/t12-/m1/s1. The molecule has 0 aliphatic carbocycles. The van der Waals surface area contributed by atoms with Crippen molar-refractivity contribution in [3.8, 4) is 0 Å². The second kappa shape index (κ2) is 8.29. The number of sulfonamides is 1. The summed E-state index contributed by atoms with van der Waals surface area (Å²) in [6, 6.07) is 4.36. The largest absolute Gasteiger partial charge is 0.379 e. The molecule has 6 nitrogen and oxygen atoms in total. The Hall–Kier alpha value is -1.15. The van der Waals surface area contributed by atoms with Gasteiger partial charge in [-0.1, -0.05) is 24.9 Å². The molecule has 1 aromatic rings. The molecule has 134 valence electrons. The summed E-state index contributed by atoms with van der Waals surface area (Å²) in [5.74, 6) is -0.300. The van der Waals surface area contributed by atoms with Crippen LogP contribution in [0.1, 0.15) is 37.0 Å². The topological polar surface area (TPSA) is 75.7 Å². The van der Waals surface area contributed by atoms with Crippen LogP contribution in [0.5, 0.6) is 0 Å². The number of carbonyl (C=O) groups is 1. The van der Waals surface area contributed by atoms with E-state index in [2.05, 4.69) is 5.32 Å². The lowest BCUT2D eigenvalue weighted by molar-refractivity contribution is 0.0730. The van der Waals surface area contributed by atoms with E-state index in [9.17, 15) is 13.2 Å². The average molecular weight is 375 g/mol. The van der Waals surface area contributed by atoms with Gasteiger partial charge in [0.25, 0.3) is 5.91 Å². The van der Waals surface area contributed by atoms with Crippen molar-refractivity contribution in [2.24, 2.45) is 0 Å². The van der Waals surface area contributed by atoms with Crippen LogP contribution < -0.4 is 5.32 Å². The summed E-state index contributed by atoms with van der Waals surface area (Å²) in [5, 5.41) is 2.98. The molecule has 2 rings (SSSR count). The normalized spacial score (nSPS) is 17.5. The average Bonchev–Trinajstić information content (AvgIpc) is 2.56. The van der Waals surface area contributed by atoms with E-state index in [4.69, 9.17) is 16.3 Å². The van der Waals surface area contributed by atoms with Gasteiger partial charge in [0.05, 0.1) is 18.2 Å². The zero-order valence-corrected chi connectivity index (χ0v) is 15.5. The number of hydrogen-bond donors (Lipinski definition) is 1. The van der Waals surface area contributed by atoms with Crippen molar-refractivity contribution in [1.82, 2.24) is 9.62 Å². The zero-order chi connectivity index (χ0) is 17.7. The molecule has 1 aliphatic rings. The zero-order valence-electron chi connectivity index (χ0n) is 13.9. The van der Waals surface area contributed by atoms with Crippen LogP contribution in [0.25, 0.3) is 0 Å². The van der Waals surface area contributed by atoms with Gasteiger partial charge in [0.2, 0.25) is 10.0 Å². The highest BCUT2D eigenvalue weighted by Gasteiger charge is 2.29. The van der Waals surface area contributed by atoms with Crippen molar-refractivity contribution < 1.29 is 17.9 Å². The number of carbonyl (C=O) groups excluding carboxylic acids is 1. The molecule has 1 N–H and O–H groups in total. The predicted molar refractivity (Wildman–Crippen MR) is 92.9 cm³/mol. The Morgan fingerprint density at radius 3 is 2.67 bits per heavy atom. The van der Waals surface area contributed by atoms with Crippen LogP contribution in [0.4, 0.5) is 0 Å². The van der Waals surface area contributed by atoms with Gasteiger partial charge in [-0.2, -0.15) is 4.31 Å². The highest BCUT2D eigenvalue weighted by molar-refractivity contribution is 7.89. The molecule has 1 saturated heterocycles. The number of benzene rings is 1. The molecule has 1 atom stereocenters. The van der Waals surface area contributed by atoms with Crippen LogP contribution in [-0.4, -0.2) is 51.0 Å². The van der Waals surface area contributed by atoms with E-state index in [0.29, 0.717) is 13.2 Å². The first-order chi connectivity index (χ1) is 11.4. The van der Waals surface area contributed by atoms with Crippen molar-refractivity contribution in [2.75, 3.05) is 26.3 Å². The van der Waals surface area contributed by atoms with Crippen LogP contribution in [0, 0.1) is 0 Å². The minimum Gasteiger partial charge on any atom is -0.379 e. The van der Waals surface area contributed by atoms with Crippen LogP contribution in [-0.2, 0) is 14.8 Å². The second-order valence-corrected chi connectivity index (χ2v) is 8.14. The lowest BCUT2D eigenvalue weighted by atomic mass is 10.1. The smallest absolute Gasteiger partial charge is 0.251 e. The molecule has 0 saturated carbocycles. The Labute approximate surface area is 148 Å². The molecule has 0 unspecified atom stereocenters. The van der Waals surface area contributed by atoms with Gasteiger partial charge < -0.3 is 10.1 Å². The highest BCUT2D eigenvalue weighted by atomic mass is 35.5. The summed E-state index contributed by atoms with van der Waals surface area (Å²) in [6.45, 7) is 5.23. The highest BCUT2D eigenvalue weighted by Crippen LogP contribution is 2.26. The lowest BCUT2D eigenvalue weighted by Gasteiger charge is -2.26. The number of halogens is 1. The van der Waals surface area contributed by atoms with Gasteiger partial charge in [-0.3, -0.25) is 4.79 Å². The quantitative estimate of drug-likeness (QED) is 0.828. The van der Waals surface area contributed by atoms with Crippen LogP contribution in [0.2, 0.25) is 5.02 Å². The molecule has 1 fully saturated rings. The summed E-state index contributed by atoms with van der Waals surface area (Å²) in [5.41, 5.74) is 0.286. The Balaban J connectivity index is 2.26. The van der Waals surface area contributed by atoms with Gasteiger partial charge in [-0.05, 0) is 31.5 Å². The number of morpholine rings is 1. The first-order valence-corrected chi connectivity index (χ1v) is 9.86. The third-order valence-corrected chi connectivity index (χ3v) is 6.26. The first kappa shape index (κ1) is 19.2. The number of nitrogens with one attached hydrogen (secondary N) is 1. The van der Waals surface area contributed by atoms with Gasteiger partial charge in [-0.25, -0.2) is 8.42 Å². The number of rotatable bonds is 6. The molecule has 1 heterocycles. The van der Waals surface area contributed by atoms with Gasteiger partial charge in [-0.15, -0.1) is 0 Å². The Morgan fingerprint density at radius 2 is 2.04 bits per heavy atom. The van der Waals surface area contributed by atoms with Crippen molar-refractivity contribution in [2.45, 2.75) is 37.6 Å². The molecule has 24 heavy (non-hydrogen) atoms. The van der Waals surface area contributed by atoms with E-state index in [0.717, 1.165) is 12.8 Å². The van der Waals surface area contributed by atoms with Gasteiger partial charge in [0.1, 0.15) is 4.90 Å². The minimum absolute atomic E-state index is 0.0254. The van der Waals surface area contributed by atoms with Crippen LogP contribution in [0.3, 0.4) is 0 Å². The van der Waals surface area contributed by atoms with Crippen molar-refractivity contribution in [1.29, 1.82) is 0 Å². The van der Waals surface area contributed by atoms with E-state index >= 15 is 0 Å². The molecule has 1 amide bonds. The van der Waals surface area contributed by atoms with Crippen LogP contribution in [0.15, 0.2) is 23.1 Å². The number of amides is 1. The molecule has 8 heteroatoms. The molecule has 0 aromatic heterocycles. The maximum Gasteiger partial charge on any atom is 0.251 e. The summed E-state index contributed by atoms with van der Waals surface area (Å²) in [7, 11) is -3.75. The molecule has 0 radical (unpaired) electrons. The van der Waals surface area contributed by atoms with E-state index in [-0.39, 0.29) is 40.5 Å². The molecule has 0 spiro atoms. The molecule has 1 aromatic carbocycles. The Morgan fingerprint density at radius 1 is 1.38 bits per heavy atom. The number of hydrogen-bond acceptors (Lipinski definition) is 4. The maximum absolute atomic E-state index is 12.8. The molecular formula is C16H23ClN2O4S. The minimum atomic E-state index is -3.75. The number of nitrogens with zero attached hydrogens (tertiary/aromatic N) is 1. The fourth-order valence-corrected chi connectivity index (χ4v) is 4.49. The third kappa shape index (κ3) is 4.47. The third-order valence-electron chi connectivity index (χ3n) is 3.88. The monoisotopic (exact) mass is 374 g/mol. The lowest BCUT2D eigenvalue weighted by Crippen LogP contribution is -2.40. The van der Waals surface area contributed by atoms with Crippen molar-refractivity contribution in [3.63, 3.8) is 0 Å². The van der Waals surface area contributed by atoms with Crippen LogP contribution >= 0.6 is 11.6 Å². The van der Waals surface area contributed by atoms with Gasteiger partial charge in [0, 0.05) is 24.7 Å². The van der Waals surface area contributed by atoms with Gasteiger partial charge in [0.15, 0.2) is 0 Å². The SMILES string of the molecule is CCC[C@@H](C)NC(=O)c1ccc(Cl)c(S(=O)(=O)N2CCOCC2)c1. The summed E-state index contributed by atoms with van der Waals surface area (Å²) >= 11 is 6.09. The predicted octanol–water partition coefficient (Wildman–Crippen LogP) is 2.28. The number of ether oxygens (including phenoxy) is 1. The maximum atomic E-state index is 12.8. The van der Waals surface area contributed by atoms with E-state index in [1.807, 2.05) is 13.8 Å². The summed E-state index contributed by atoms with van der Waals surface area (Å²) < 4.78 is 32.0.